The van der Waals surface area contributed by atoms with E-state index in [0.717, 1.165) is 34.3 Å². The zero-order valence-corrected chi connectivity index (χ0v) is 25.5. The molecule has 0 unspecified atom stereocenters. The second-order valence-corrected chi connectivity index (χ2v) is 12.5. The lowest BCUT2D eigenvalue weighted by Gasteiger charge is -2.28. The average Bonchev–Trinajstić information content (AvgIpc) is 2.93. The third kappa shape index (κ3) is 8.99. The first-order valence-corrected chi connectivity index (χ1v) is 14.2. The molecule has 212 valence electrons. The highest BCUT2D eigenvalue weighted by atomic mass is 16.5. The predicted molar refractivity (Wildman–Crippen MR) is 167 cm³/mol. The van der Waals surface area contributed by atoms with Crippen molar-refractivity contribution in [3.8, 4) is 17.2 Å². The Labute approximate surface area is 241 Å². The molecule has 4 aromatic rings. The van der Waals surface area contributed by atoms with Gasteiger partial charge in [0.15, 0.2) is 0 Å². The van der Waals surface area contributed by atoms with E-state index in [-0.39, 0.29) is 17.4 Å². The molecule has 0 saturated carbocycles. The van der Waals surface area contributed by atoms with Crippen LogP contribution in [0.25, 0.3) is 0 Å². The third-order valence-electron chi connectivity index (χ3n) is 6.72. The molecule has 0 saturated heterocycles. The molecule has 0 fully saturated rings. The van der Waals surface area contributed by atoms with Gasteiger partial charge in [-0.25, -0.2) is 0 Å². The first-order valence-electron chi connectivity index (χ1n) is 14.2. The lowest BCUT2D eigenvalue weighted by Crippen LogP contribution is -2.19. The minimum absolute atomic E-state index is 0.0287. The number of aliphatic hydroxyl groups is 1. The molecule has 0 aliphatic heterocycles. The number of aliphatic hydroxyl groups excluding tert-OH is 1. The lowest BCUT2D eigenvalue weighted by atomic mass is 9.77. The summed E-state index contributed by atoms with van der Waals surface area (Å²) >= 11 is 0. The van der Waals surface area contributed by atoms with Crippen molar-refractivity contribution in [3.05, 3.63) is 125 Å². The van der Waals surface area contributed by atoms with Gasteiger partial charge >= 0.3 is 0 Å². The van der Waals surface area contributed by atoms with Gasteiger partial charge in [0.25, 0.3) is 0 Å². The Kier molecular flexibility index (Phi) is 10.6. The predicted octanol–water partition coefficient (Wildman–Crippen LogP) is 9.84. The molecule has 0 bridgehead atoms. The maximum absolute atomic E-state index is 9.16. The summed E-state index contributed by atoms with van der Waals surface area (Å²) in [4.78, 5) is 0. The van der Waals surface area contributed by atoms with Gasteiger partial charge < -0.3 is 14.6 Å². The van der Waals surface area contributed by atoms with E-state index in [1.165, 1.54) is 16.7 Å². The lowest BCUT2D eigenvalue weighted by molar-refractivity contribution is 0.281. The smallest absolute Gasteiger partial charge is 0.127 e. The van der Waals surface area contributed by atoms with Crippen LogP contribution >= 0.6 is 0 Å². The number of rotatable bonds is 8. The van der Waals surface area contributed by atoms with Gasteiger partial charge in [0.05, 0.1) is 6.61 Å². The summed E-state index contributed by atoms with van der Waals surface area (Å²) in [5, 5.41) is 9.16. The Morgan fingerprint density at radius 2 is 0.925 bits per heavy atom. The highest BCUT2D eigenvalue weighted by Crippen LogP contribution is 2.34. The van der Waals surface area contributed by atoms with E-state index in [4.69, 9.17) is 14.6 Å². The Bertz CT molecular complexity index is 1290. The summed E-state index contributed by atoms with van der Waals surface area (Å²) in [5.74, 6) is 3.18. The van der Waals surface area contributed by atoms with Crippen LogP contribution in [0.1, 0.15) is 83.2 Å². The van der Waals surface area contributed by atoms with E-state index < -0.39 is 0 Å². The highest BCUT2D eigenvalue weighted by Gasteiger charge is 2.24. The van der Waals surface area contributed by atoms with Crippen molar-refractivity contribution >= 4 is 0 Å². The van der Waals surface area contributed by atoms with Crippen molar-refractivity contribution in [2.24, 2.45) is 5.92 Å². The molecule has 0 spiro atoms. The summed E-state index contributed by atoms with van der Waals surface area (Å²) in [6, 6.07) is 32.7. The molecule has 0 amide bonds. The van der Waals surface area contributed by atoms with E-state index >= 15 is 0 Å². The Hall–Kier alpha value is -3.56. The quantitative estimate of drug-likeness (QED) is 0.243. The van der Waals surface area contributed by atoms with E-state index in [1.54, 1.807) is 0 Å². The van der Waals surface area contributed by atoms with Gasteiger partial charge in [-0.05, 0) is 75.5 Å². The van der Waals surface area contributed by atoms with Crippen LogP contribution in [-0.4, -0.2) is 5.11 Å². The first kappa shape index (κ1) is 31.0. The van der Waals surface area contributed by atoms with Crippen LogP contribution in [0.4, 0.5) is 0 Å². The molecule has 3 nitrogen and oxygen atoms in total. The molecule has 0 aromatic heterocycles. The van der Waals surface area contributed by atoms with Crippen LogP contribution in [-0.2, 0) is 24.0 Å². The molecular weight excluding hydrogens is 492 g/mol. The van der Waals surface area contributed by atoms with E-state index in [9.17, 15) is 0 Å². The van der Waals surface area contributed by atoms with Gasteiger partial charge in [-0.2, -0.15) is 0 Å². The first-order chi connectivity index (χ1) is 18.9. The molecule has 4 aromatic carbocycles. The van der Waals surface area contributed by atoms with Crippen molar-refractivity contribution in [2.45, 2.75) is 79.4 Å². The van der Waals surface area contributed by atoms with Crippen LogP contribution in [0.5, 0.6) is 17.2 Å². The Balaban J connectivity index is 0.00000103. The van der Waals surface area contributed by atoms with Crippen molar-refractivity contribution in [3.63, 3.8) is 0 Å². The van der Waals surface area contributed by atoms with E-state index in [0.29, 0.717) is 6.61 Å². The largest absolute Gasteiger partial charge is 0.489 e. The van der Waals surface area contributed by atoms with Gasteiger partial charge in [0.1, 0.15) is 23.9 Å². The fourth-order valence-electron chi connectivity index (χ4n) is 4.14. The molecule has 0 aliphatic rings. The minimum atomic E-state index is -0.0941. The fraction of sp³-hybridized carbons (Fsp3) is 0.351. The van der Waals surface area contributed by atoms with Crippen molar-refractivity contribution in [1.82, 2.24) is 0 Å². The minimum Gasteiger partial charge on any atom is -0.489 e. The summed E-state index contributed by atoms with van der Waals surface area (Å²) in [5.41, 5.74) is 5.90. The summed E-state index contributed by atoms with van der Waals surface area (Å²) in [6.07, 6.45) is 0. The van der Waals surface area contributed by atoms with Gasteiger partial charge in [0.2, 0.25) is 0 Å². The molecule has 3 heteroatoms. The average molecular weight is 539 g/mol. The maximum atomic E-state index is 9.16. The van der Waals surface area contributed by atoms with Crippen molar-refractivity contribution in [1.29, 1.82) is 0 Å². The highest BCUT2D eigenvalue weighted by molar-refractivity contribution is 5.42. The van der Waals surface area contributed by atoms with Gasteiger partial charge in [-0.15, -0.1) is 0 Å². The molecule has 0 aliphatic carbocycles. The standard InChI is InChI=1S/C33H36O3.C4H10/c1-32(2,3)26-10-12-27(13-11-26)33(4,5)28-14-20-29(21-15-28)35-23-25-8-18-31(19-9-25)36-30-16-6-24(22-34)7-17-30;1-4(2)3/h6-21,34H,22-23H2,1-5H3;4H,1-3H3. The second kappa shape index (κ2) is 13.7. The van der Waals surface area contributed by atoms with Gasteiger partial charge in [0, 0.05) is 5.41 Å². The zero-order valence-electron chi connectivity index (χ0n) is 25.5. The second-order valence-electron chi connectivity index (χ2n) is 12.5. The van der Waals surface area contributed by atoms with Crippen LogP contribution < -0.4 is 9.47 Å². The number of hydrogen-bond acceptors (Lipinski definition) is 3. The fourth-order valence-corrected chi connectivity index (χ4v) is 4.14. The van der Waals surface area contributed by atoms with E-state index in [2.05, 4.69) is 91.8 Å². The van der Waals surface area contributed by atoms with Crippen molar-refractivity contribution < 1.29 is 14.6 Å². The van der Waals surface area contributed by atoms with Crippen LogP contribution in [0.15, 0.2) is 97.1 Å². The molecule has 40 heavy (non-hydrogen) atoms. The normalized spacial score (nSPS) is 11.6. The molecule has 1 N–H and O–H groups in total. The monoisotopic (exact) mass is 538 g/mol. The number of hydrogen-bond donors (Lipinski definition) is 1. The van der Waals surface area contributed by atoms with Crippen LogP contribution in [0.3, 0.4) is 0 Å². The maximum Gasteiger partial charge on any atom is 0.127 e. The van der Waals surface area contributed by atoms with E-state index in [1.807, 2.05) is 60.7 Å². The molecule has 4 rings (SSSR count). The van der Waals surface area contributed by atoms with Gasteiger partial charge in [-0.3, -0.25) is 0 Å². The number of benzene rings is 4. The summed E-state index contributed by atoms with van der Waals surface area (Å²) in [6.45, 7) is 18.3. The number of ether oxygens (including phenoxy) is 2. The van der Waals surface area contributed by atoms with Crippen LogP contribution in [0, 0.1) is 5.92 Å². The van der Waals surface area contributed by atoms with Crippen molar-refractivity contribution in [2.75, 3.05) is 0 Å². The Morgan fingerprint density at radius 3 is 1.35 bits per heavy atom. The molecule has 0 radical (unpaired) electrons. The summed E-state index contributed by atoms with van der Waals surface area (Å²) < 4.78 is 11.9. The SMILES string of the molecule is CC(C)(C)c1ccc(C(C)(C)c2ccc(OCc3ccc(Oc4ccc(CO)cc4)cc3)cc2)cc1.CC(C)C. The molecule has 0 heterocycles. The zero-order chi connectivity index (χ0) is 29.3. The third-order valence-corrected chi connectivity index (χ3v) is 6.72. The van der Waals surface area contributed by atoms with Gasteiger partial charge in [-0.1, -0.05) is 116 Å². The molecule has 0 atom stereocenters. The molecular formula is C37H46O3. The Morgan fingerprint density at radius 1 is 0.550 bits per heavy atom. The topological polar surface area (TPSA) is 38.7 Å². The summed E-state index contributed by atoms with van der Waals surface area (Å²) in [7, 11) is 0. The van der Waals surface area contributed by atoms with Crippen LogP contribution in [0.2, 0.25) is 0 Å².